The zero-order chi connectivity index (χ0) is 10.5. The van der Waals surface area contributed by atoms with Crippen LogP contribution >= 0.6 is 0 Å². The highest BCUT2D eigenvalue weighted by atomic mass is 32.2. The highest BCUT2D eigenvalue weighted by molar-refractivity contribution is 7.87. The Hall–Kier alpha value is -0.130. The molecule has 0 rings (SSSR count). The Kier molecular flexibility index (Phi) is 4.88. The Morgan fingerprint density at radius 1 is 1.23 bits per heavy atom. The molecule has 0 saturated heterocycles. The molecule has 4 nitrogen and oxygen atoms in total. The topological polar surface area (TPSA) is 74.6 Å². The van der Waals surface area contributed by atoms with Crippen molar-refractivity contribution in [2.45, 2.75) is 50.9 Å². The van der Waals surface area contributed by atoms with Crippen LogP contribution in [0.25, 0.3) is 0 Å². The standard InChI is InChI=1S/C8H18O4S/c1-3-4-5-6-7-8(2,9)13(10,11)12/h9H,3-7H2,1-2H3,(H,10,11,12). The second-order valence-corrected chi connectivity index (χ2v) is 5.29. The second-order valence-electron chi connectivity index (χ2n) is 3.46. The van der Waals surface area contributed by atoms with Crippen LogP contribution in [0.5, 0.6) is 0 Å². The van der Waals surface area contributed by atoms with E-state index < -0.39 is 15.1 Å². The third kappa shape index (κ3) is 4.59. The fourth-order valence-corrected chi connectivity index (χ4v) is 1.41. The van der Waals surface area contributed by atoms with Crippen molar-refractivity contribution in [1.29, 1.82) is 0 Å². The highest BCUT2D eigenvalue weighted by Crippen LogP contribution is 2.20. The van der Waals surface area contributed by atoms with Gasteiger partial charge >= 0.3 is 0 Å². The van der Waals surface area contributed by atoms with Gasteiger partial charge in [0.2, 0.25) is 0 Å². The van der Waals surface area contributed by atoms with E-state index in [0.29, 0.717) is 6.42 Å². The van der Waals surface area contributed by atoms with E-state index in [-0.39, 0.29) is 6.42 Å². The van der Waals surface area contributed by atoms with Crippen molar-refractivity contribution in [2.75, 3.05) is 0 Å². The summed E-state index contributed by atoms with van der Waals surface area (Å²) in [5.74, 6) is 0. The van der Waals surface area contributed by atoms with Gasteiger partial charge in [-0.15, -0.1) is 0 Å². The van der Waals surface area contributed by atoms with Crippen LogP contribution in [0.3, 0.4) is 0 Å². The number of unbranched alkanes of at least 4 members (excludes halogenated alkanes) is 3. The predicted octanol–water partition coefficient (Wildman–Crippen LogP) is 1.55. The summed E-state index contributed by atoms with van der Waals surface area (Å²) >= 11 is 0. The first-order chi connectivity index (χ1) is 5.81. The Bertz CT molecular complexity index is 231. The molecule has 0 amide bonds. The van der Waals surface area contributed by atoms with Crippen LogP contribution < -0.4 is 0 Å². The molecule has 0 heterocycles. The smallest absolute Gasteiger partial charge is 0.294 e. The average Bonchev–Trinajstić information content (AvgIpc) is 1.96. The molecule has 0 saturated carbocycles. The maximum absolute atomic E-state index is 10.6. The predicted molar refractivity (Wildman–Crippen MR) is 50.9 cm³/mol. The first kappa shape index (κ1) is 12.9. The Labute approximate surface area is 79.7 Å². The van der Waals surface area contributed by atoms with Gasteiger partial charge < -0.3 is 5.11 Å². The molecule has 80 valence electrons. The van der Waals surface area contributed by atoms with Crippen molar-refractivity contribution in [3.63, 3.8) is 0 Å². The van der Waals surface area contributed by atoms with Gasteiger partial charge in [-0.25, -0.2) is 0 Å². The zero-order valence-electron chi connectivity index (χ0n) is 8.15. The average molecular weight is 210 g/mol. The minimum absolute atomic E-state index is 0.0891. The van der Waals surface area contributed by atoms with Crippen molar-refractivity contribution in [3.8, 4) is 0 Å². The van der Waals surface area contributed by atoms with Gasteiger partial charge in [0.05, 0.1) is 0 Å². The molecule has 0 aliphatic rings. The molecule has 0 spiro atoms. The van der Waals surface area contributed by atoms with Crippen LogP contribution in [-0.2, 0) is 10.1 Å². The van der Waals surface area contributed by atoms with Crippen molar-refractivity contribution in [2.24, 2.45) is 0 Å². The zero-order valence-corrected chi connectivity index (χ0v) is 8.97. The molecule has 0 fully saturated rings. The molecule has 0 aliphatic heterocycles. The van der Waals surface area contributed by atoms with E-state index in [9.17, 15) is 13.5 Å². The highest BCUT2D eigenvalue weighted by Gasteiger charge is 2.34. The SMILES string of the molecule is CCCCCCC(C)(O)S(=O)(=O)O. The fourth-order valence-electron chi connectivity index (χ4n) is 1.01. The minimum Gasteiger partial charge on any atom is -0.373 e. The molecule has 1 unspecified atom stereocenters. The van der Waals surface area contributed by atoms with Gasteiger partial charge in [0.25, 0.3) is 10.1 Å². The molecule has 5 heteroatoms. The summed E-state index contributed by atoms with van der Waals surface area (Å²) in [5.41, 5.74) is 0. The summed E-state index contributed by atoms with van der Waals surface area (Å²) < 4.78 is 29.9. The van der Waals surface area contributed by atoms with Crippen molar-refractivity contribution in [3.05, 3.63) is 0 Å². The van der Waals surface area contributed by atoms with Gasteiger partial charge in [-0.1, -0.05) is 26.2 Å². The van der Waals surface area contributed by atoms with Crippen LogP contribution in [-0.4, -0.2) is 23.0 Å². The van der Waals surface area contributed by atoms with Crippen LogP contribution in [0.4, 0.5) is 0 Å². The summed E-state index contributed by atoms with van der Waals surface area (Å²) in [6, 6.07) is 0. The van der Waals surface area contributed by atoms with Crippen molar-refractivity contribution in [1.82, 2.24) is 0 Å². The van der Waals surface area contributed by atoms with E-state index in [1.54, 1.807) is 0 Å². The third-order valence-corrected chi connectivity index (χ3v) is 3.37. The first-order valence-electron chi connectivity index (χ1n) is 4.50. The molecule has 0 aliphatic carbocycles. The van der Waals surface area contributed by atoms with Gasteiger partial charge in [0.15, 0.2) is 4.93 Å². The summed E-state index contributed by atoms with van der Waals surface area (Å²) in [6.45, 7) is 3.16. The van der Waals surface area contributed by atoms with E-state index in [1.807, 2.05) is 6.92 Å². The van der Waals surface area contributed by atoms with Crippen molar-refractivity contribution < 1.29 is 18.1 Å². The summed E-state index contributed by atoms with van der Waals surface area (Å²) in [5, 5.41) is 9.31. The number of hydrogen-bond donors (Lipinski definition) is 2. The lowest BCUT2D eigenvalue weighted by Gasteiger charge is -2.18. The Morgan fingerprint density at radius 2 is 1.77 bits per heavy atom. The Morgan fingerprint density at radius 3 is 2.15 bits per heavy atom. The number of hydrogen-bond acceptors (Lipinski definition) is 3. The van der Waals surface area contributed by atoms with E-state index in [4.69, 9.17) is 4.55 Å². The maximum atomic E-state index is 10.6. The number of aliphatic hydroxyl groups is 1. The molecule has 0 radical (unpaired) electrons. The van der Waals surface area contributed by atoms with E-state index in [1.165, 1.54) is 0 Å². The monoisotopic (exact) mass is 210 g/mol. The lowest BCUT2D eigenvalue weighted by atomic mass is 10.1. The van der Waals surface area contributed by atoms with E-state index in [2.05, 4.69) is 0 Å². The van der Waals surface area contributed by atoms with Gasteiger partial charge in [-0.2, -0.15) is 8.42 Å². The molecule has 0 aromatic rings. The lowest BCUT2D eigenvalue weighted by Crippen LogP contribution is -2.34. The summed E-state index contributed by atoms with van der Waals surface area (Å²) in [7, 11) is -4.33. The molecule has 1 atom stereocenters. The quantitative estimate of drug-likeness (QED) is 0.515. The fraction of sp³-hybridized carbons (Fsp3) is 1.00. The lowest BCUT2D eigenvalue weighted by molar-refractivity contribution is 0.119. The molecule has 0 aromatic carbocycles. The minimum atomic E-state index is -4.33. The molecule has 0 aromatic heterocycles. The second kappa shape index (κ2) is 4.93. The molecular formula is C8H18O4S. The van der Waals surface area contributed by atoms with Gasteiger partial charge in [-0.05, 0) is 19.8 Å². The van der Waals surface area contributed by atoms with Crippen LogP contribution in [0.1, 0.15) is 46.0 Å². The molecule has 0 bridgehead atoms. The number of rotatable bonds is 6. The first-order valence-corrected chi connectivity index (χ1v) is 5.94. The largest absolute Gasteiger partial charge is 0.373 e. The normalized spacial score (nSPS) is 16.9. The van der Waals surface area contributed by atoms with Crippen LogP contribution in [0, 0.1) is 0 Å². The van der Waals surface area contributed by atoms with E-state index >= 15 is 0 Å². The molecular weight excluding hydrogens is 192 g/mol. The van der Waals surface area contributed by atoms with Crippen LogP contribution in [0.15, 0.2) is 0 Å². The van der Waals surface area contributed by atoms with Gasteiger partial charge in [0.1, 0.15) is 0 Å². The van der Waals surface area contributed by atoms with Gasteiger partial charge in [-0.3, -0.25) is 4.55 Å². The van der Waals surface area contributed by atoms with Gasteiger partial charge in [0, 0.05) is 0 Å². The Balaban J connectivity index is 3.91. The third-order valence-electron chi connectivity index (χ3n) is 2.05. The van der Waals surface area contributed by atoms with Crippen molar-refractivity contribution >= 4 is 10.1 Å². The summed E-state index contributed by atoms with van der Waals surface area (Å²) in [4.78, 5) is -1.99. The maximum Gasteiger partial charge on any atom is 0.294 e. The van der Waals surface area contributed by atoms with E-state index in [0.717, 1.165) is 26.2 Å². The van der Waals surface area contributed by atoms with Crippen LogP contribution in [0.2, 0.25) is 0 Å². The molecule has 2 N–H and O–H groups in total. The molecule has 13 heavy (non-hydrogen) atoms. The summed E-state index contributed by atoms with van der Waals surface area (Å²) in [6.07, 6.45) is 3.64.